The van der Waals surface area contributed by atoms with E-state index >= 15 is 0 Å². The molecule has 1 aliphatic rings. The monoisotopic (exact) mass is 126 g/mol. The van der Waals surface area contributed by atoms with E-state index in [1.54, 1.807) is 0 Å². The molecule has 1 fully saturated rings. The molecule has 0 aliphatic carbocycles. The Hall–Kier alpha value is -0.0400. The van der Waals surface area contributed by atoms with E-state index < -0.39 is 0 Å². The lowest BCUT2D eigenvalue weighted by atomic mass is 10.0. The first-order valence-corrected chi connectivity index (χ1v) is 3.88. The van der Waals surface area contributed by atoms with Gasteiger partial charge in [0.05, 0.1) is 0 Å². The summed E-state index contributed by atoms with van der Waals surface area (Å²) in [6.07, 6.45) is 4.16. The topological polar surface area (TPSA) is 3.24 Å². The van der Waals surface area contributed by atoms with Gasteiger partial charge in [-0.25, -0.2) is 0 Å². The van der Waals surface area contributed by atoms with E-state index in [1.165, 1.54) is 25.8 Å². The lowest BCUT2D eigenvalue weighted by Crippen LogP contribution is -2.37. The molecule has 1 atom stereocenters. The predicted molar refractivity (Wildman–Crippen MR) is 40.2 cm³/mol. The van der Waals surface area contributed by atoms with E-state index in [-0.39, 0.29) is 0 Å². The summed E-state index contributed by atoms with van der Waals surface area (Å²) in [4.78, 5) is 2.45. The van der Waals surface area contributed by atoms with Gasteiger partial charge in [-0.1, -0.05) is 6.42 Å². The van der Waals surface area contributed by atoms with Crippen LogP contribution in [0.4, 0.5) is 0 Å². The Kier molecular flexibility index (Phi) is 2.52. The van der Waals surface area contributed by atoms with Gasteiger partial charge in [0.1, 0.15) is 0 Å². The first-order chi connectivity index (χ1) is 4.34. The van der Waals surface area contributed by atoms with Gasteiger partial charge >= 0.3 is 0 Å². The molecule has 0 aromatic heterocycles. The Labute approximate surface area is 58.0 Å². The van der Waals surface area contributed by atoms with Crippen LogP contribution in [0.1, 0.15) is 26.2 Å². The molecule has 1 nitrogen and oxygen atoms in total. The highest BCUT2D eigenvalue weighted by Gasteiger charge is 2.15. The van der Waals surface area contributed by atoms with Crippen molar-refractivity contribution in [3.8, 4) is 0 Å². The lowest BCUT2D eigenvalue weighted by Gasteiger charge is -2.31. The molecular formula is C8H16N. The number of likely N-dealkylation sites (tertiary alicyclic amines) is 1. The van der Waals surface area contributed by atoms with Gasteiger partial charge in [0.15, 0.2) is 0 Å². The normalized spacial score (nSPS) is 30.7. The van der Waals surface area contributed by atoms with E-state index in [4.69, 9.17) is 0 Å². The molecule has 1 heteroatoms. The van der Waals surface area contributed by atoms with Crippen molar-refractivity contribution >= 4 is 0 Å². The molecule has 0 spiro atoms. The average molecular weight is 126 g/mol. The van der Waals surface area contributed by atoms with Crippen molar-refractivity contribution in [2.24, 2.45) is 0 Å². The van der Waals surface area contributed by atoms with Gasteiger partial charge in [0.2, 0.25) is 0 Å². The minimum atomic E-state index is 0.788. The SMILES string of the molecule is [CH2]CN1CCCCC1C. The molecule has 0 amide bonds. The number of hydrogen-bond acceptors (Lipinski definition) is 1. The first-order valence-electron chi connectivity index (χ1n) is 3.88. The molecule has 9 heavy (non-hydrogen) atoms. The molecule has 1 heterocycles. The maximum atomic E-state index is 3.89. The Balaban J connectivity index is 2.30. The van der Waals surface area contributed by atoms with Gasteiger partial charge < -0.3 is 4.90 Å². The summed E-state index contributed by atoms with van der Waals surface area (Å²) in [5, 5.41) is 0. The highest BCUT2D eigenvalue weighted by molar-refractivity contribution is 4.72. The summed E-state index contributed by atoms with van der Waals surface area (Å²) in [6.45, 7) is 8.44. The third-order valence-corrected chi connectivity index (χ3v) is 2.23. The van der Waals surface area contributed by atoms with E-state index in [0.717, 1.165) is 12.6 Å². The molecule has 0 aromatic rings. The lowest BCUT2D eigenvalue weighted by molar-refractivity contribution is 0.178. The van der Waals surface area contributed by atoms with Crippen LogP contribution in [0.2, 0.25) is 0 Å². The summed E-state index contributed by atoms with van der Waals surface area (Å²) in [5.74, 6) is 0. The smallest absolute Gasteiger partial charge is 0.00669 e. The molecule has 0 bridgehead atoms. The van der Waals surface area contributed by atoms with Crippen LogP contribution in [-0.4, -0.2) is 24.0 Å². The maximum Gasteiger partial charge on any atom is 0.00669 e. The molecular weight excluding hydrogens is 110 g/mol. The van der Waals surface area contributed by atoms with Gasteiger partial charge in [-0.15, -0.1) is 0 Å². The zero-order valence-corrected chi connectivity index (χ0v) is 6.27. The van der Waals surface area contributed by atoms with Crippen molar-refractivity contribution in [1.29, 1.82) is 0 Å². The molecule has 0 N–H and O–H groups in total. The van der Waals surface area contributed by atoms with Crippen molar-refractivity contribution in [3.05, 3.63) is 6.92 Å². The second kappa shape index (κ2) is 3.21. The van der Waals surface area contributed by atoms with Crippen LogP contribution >= 0.6 is 0 Å². The maximum absolute atomic E-state index is 3.89. The second-order valence-corrected chi connectivity index (χ2v) is 2.88. The van der Waals surface area contributed by atoms with Gasteiger partial charge in [-0.2, -0.15) is 0 Å². The fraction of sp³-hybridized carbons (Fsp3) is 0.875. The van der Waals surface area contributed by atoms with Gasteiger partial charge in [0, 0.05) is 6.04 Å². The Morgan fingerprint density at radius 2 is 2.33 bits per heavy atom. The predicted octanol–water partition coefficient (Wildman–Crippen LogP) is 1.69. The fourth-order valence-corrected chi connectivity index (χ4v) is 1.49. The zero-order chi connectivity index (χ0) is 6.69. The van der Waals surface area contributed by atoms with E-state index in [2.05, 4.69) is 18.7 Å². The van der Waals surface area contributed by atoms with E-state index in [1.807, 2.05) is 0 Å². The summed E-state index contributed by atoms with van der Waals surface area (Å²) in [7, 11) is 0. The van der Waals surface area contributed by atoms with Crippen LogP contribution in [-0.2, 0) is 0 Å². The Morgan fingerprint density at radius 3 is 2.78 bits per heavy atom. The molecule has 0 saturated carbocycles. The molecule has 53 valence electrons. The van der Waals surface area contributed by atoms with Crippen LogP contribution in [0, 0.1) is 6.92 Å². The van der Waals surface area contributed by atoms with E-state index in [0.29, 0.717) is 0 Å². The molecule has 1 saturated heterocycles. The van der Waals surface area contributed by atoms with Crippen LogP contribution in [0.25, 0.3) is 0 Å². The van der Waals surface area contributed by atoms with Crippen LogP contribution in [0.15, 0.2) is 0 Å². The van der Waals surface area contributed by atoms with Gasteiger partial charge in [-0.3, -0.25) is 0 Å². The van der Waals surface area contributed by atoms with Crippen molar-refractivity contribution in [1.82, 2.24) is 4.90 Å². The molecule has 1 unspecified atom stereocenters. The van der Waals surface area contributed by atoms with Crippen LogP contribution in [0.5, 0.6) is 0 Å². The minimum Gasteiger partial charge on any atom is -0.301 e. The van der Waals surface area contributed by atoms with Crippen LogP contribution in [0.3, 0.4) is 0 Å². The molecule has 1 aliphatic heterocycles. The summed E-state index contributed by atoms with van der Waals surface area (Å²) in [5.41, 5.74) is 0. The third-order valence-electron chi connectivity index (χ3n) is 2.23. The minimum absolute atomic E-state index is 0.788. The fourth-order valence-electron chi connectivity index (χ4n) is 1.49. The summed E-state index contributed by atoms with van der Waals surface area (Å²) >= 11 is 0. The number of rotatable bonds is 1. The molecule has 1 radical (unpaired) electrons. The Bertz CT molecular complexity index is 80.6. The summed E-state index contributed by atoms with van der Waals surface area (Å²) in [6, 6.07) is 0.788. The van der Waals surface area contributed by atoms with Crippen molar-refractivity contribution < 1.29 is 0 Å². The van der Waals surface area contributed by atoms with Gasteiger partial charge in [0.25, 0.3) is 0 Å². The average Bonchev–Trinajstić information content (AvgIpc) is 1.89. The molecule has 0 aromatic carbocycles. The second-order valence-electron chi connectivity index (χ2n) is 2.88. The quantitative estimate of drug-likeness (QED) is 0.517. The Morgan fingerprint density at radius 1 is 1.56 bits per heavy atom. The highest BCUT2D eigenvalue weighted by atomic mass is 15.1. The number of nitrogens with zero attached hydrogens (tertiary/aromatic N) is 1. The van der Waals surface area contributed by atoms with Crippen molar-refractivity contribution in [2.75, 3.05) is 13.1 Å². The largest absolute Gasteiger partial charge is 0.301 e. The van der Waals surface area contributed by atoms with Crippen molar-refractivity contribution in [3.63, 3.8) is 0 Å². The van der Waals surface area contributed by atoms with Crippen molar-refractivity contribution in [2.45, 2.75) is 32.2 Å². The van der Waals surface area contributed by atoms with E-state index in [9.17, 15) is 0 Å². The summed E-state index contributed by atoms with van der Waals surface area (Å²) < 4.78 is 0. The van der Waals surface area contributed by atoms with Crippen LogP contribution < -0.4 is 0 Å². The first kappa shape index (κ1) is 7.07. The van der Waals surface area contributed by atoms with Gasteiger partial charge in [-0.05, 0) is 39.8 Å². The standard InChI is InChI=1S/C8H16N/c1-3-9-7-5-4-6-8(9)2/h8H,1,3-7H2,2H3. The highest BCUT2D eigenvalue weighted by Crippen LogP contribution is 2.14. The third kappa shape index (κ3) is 1.68. The molecule has 1 rings (SSSR count). The number of hydrogen-bond donors (Lipinski definition) is 0. The zero-order valence-electron chi connectivity index (χ0n) is 6.27. The number of piperidine rings is 1.